The standard InChI is InChI=1S/C60H61F6N14O3/c1-36-23-57(24-36,54-70-69-33-72(54)3)40-9-5-7-38(19-40)45-27-68-51-48(60(64,65)66)22-44(31-80(51)53(45)83)75-15-17-76(56(32-75)13-14-56)35-77-34-73(4)55(71-77)58(25-37(2)26-58)41-10-6-8-39(20-41)46-28-67-50-47(59(61,62)63)21-43(30-79(50)52(46)82)74-16-18-78-42(29-74)11-12-49(78)81/h5-10,19-22,27-28,30-31,33-34,36-37,42H,11-18,23-26,29,32,35H2,1-4H3/q+1. The van der Waals surface area contributed by atoms with Crippen LogP contribution in [0.15, 0.2) is 108 Å². The van der Waals surface area contributed by atoms with Gasteiger partial charge in [0.15, 0.2) is 18.0 Å². The predicted octanol–water partition coefficient (Wildman–Crippen LogP) is 7.78. The van der Waals surface area contributed by atoms with Crippen molar-refractivity contribution in [3.8, 4) is 22.3 Å². The summed E-state index contributed by atoms with van der Waals surface area (Å²) in [6.45, 7) is 7.15. The second kappa shape index (κ2) is 18.8. The van der Waals surface area contributed by atoms with Crippen molar-refractivity contribution in [3.63, 3.8) is 0 Å². The number of nitrogens with zero attached hydrogens (tertiary/aromatic N) is 14. The second-order valence-electron chi connectivity index (χ2n) is 24.5. The molecular weight excluding hydrogens is 1080 g/mol. The van der Waals surface area contributed by atoms with Crippen LogP contribution in [0.25, 0.3) is 33.5 Å². The van der Waals surface area contributed by atoms with Gasteiger partial charge in [0.25, 0.3) is 16.9 Å². The Kier molecular flexibility index (Phi) is 12.0. The third kappa shape index (κ3) is 8.63. The van der Waals surface area contributed by atoms with Crippen molar-refractivity contribution in [3.05, 3.63) is 153 Å². The monoisotopic (exact) mass is 1140 g/mol. The number of pyridine rings is 2. The van der Waals surface area contributed by atoms with Crippen LogP contribution in [0, 0.1) is 11.8 Å². The van der Waals surface area contributed by atoms with Crippen molar-refractivity contribution in [2.24, 2.45) is 25.9 Å². The molecule has 0 bridgehead atoms. The maximum Gasteiger partial charge on any atom is 0.420 e. The average Bonchev–Trinajstić information content (AvgIpc) is 2.28. The van der Waals surface area contributed by atoms with Gasteiger partial charge >= 0.3 is 12.4 Å². The van der Waals surface area contributed by atoms with E-state index in [-0.39, 0.29) is 40.0 Å². The van der Waals surface area contributed by atoms with E-state index in [0.717, 1.165) is 82.2 Å². The van der Waals surface area contributed by atoms with Gasteiger partial charge in [-0.2, -0.15) is 26.3 Å². The molecule has 0 radical (unpaired) electrons. The highest BCUT2D eigenvalue weighted by molar-refractivity contribution is 5.79. The third-order valence-corrected chi connectivity index (χ3v) is 19.0. The minimum absolute atomic E-state index is 0.0468. The second-order valence-corrected chi connectivity index (χ2v) is 24.5. The van der Waals surface area contributed by atoms with Crippen LogP contribution in [-0.4, -0.2) is 110 Å². The van der Waals surface area contributed by atoms with Crippen LogP contribution in [0.5, 0.6) is 0 Å². The van der Waals surface area contributed by atoms with E-state index in [1.807, 2.05) is 80.4 Å². The summed E-state index contributed by atoms with van der Waals surface area (Å²) in [5.41, 5.74) is -1.79. The van der Waals surface area contributed by atoms with Crippen molar-refractivity contribution < 1.29 is 35.7 Å². The molecule has 14 rings (SSSR count). The van der Waals surface area contributed by atoms with Crippen molar-refractivity contribution in [1.82, 2.24) is 53.1 Å². The molecule has 0 N–H and O–H groups in total. The quantitative estimate of drug-likeness (QED) is 0.0976. The summed E-state index contributed by atoms with van der Waals surface area (Å²) in [4.78, 5) is 57.9. The van der Waals surface area contributed by atoms with E-state index >= 15 is 13.2 Å². The molecule has 1 spiro atoms. The summed E-state index contributed by atoms with van der Waals surface area (Å²) in [5, 5.41) is 13.8. The number of aromatic nitrogens is 10. The largest absolute Gasteiger partial charge is 0.420 e. The number of hydrogen-bond donors (Lipinski definition) is 0. The third-order valence-electron chi connectivity index (χ3n) is 19.0. The van der Waals surface area contributed by atoms with E-state index in [1.54, 1.807) is 23.4 Å². The van der Waals surface area contributed by atoms with E-state index in [4.69, 9.17) is 5.10 Å². The number of benzene rings is 2. The van der Waals surface area contributed by atoms with Crippen LogP contribution in [0.4, 0.5) is 37.7 Å². The molecule has 23 heteroatoms. The predicted molar refractivity (Wildman–Crippen MR) is 294 cm³/mol. The lowest BCUT2D eigenvalue weighted by Crippen LogP contribution is -2.55. The Morgan fingerprint density at radius 2 is 1.28 bits per heavy atom. The lowest BCUT2D eigenvalue weighted by molar-refractivity contribution is -0.684. The Labute approximate surface area is 472 Å². The molecule has 3 saturated heterocycles. The Balaban J connectivity index is 0.732. The molecule has 2 aromatic carbocycles. The molecule has 6 fully saturated rings. The maximum absolute atomic E-state index is 15.0. The highest BCUT2D eigenvalue weighted by Crippen LogP contribution is 2.53. The number of aryl methyl sites for hydroxylation is 2. The summed E-state index contributed by atoms with van der Waals surface area (Å²) >= 11 is 0. The number of halogens is 6. The fraction of sp³-hybridized carbons (Fsp3) is 0.450. The molecule has 1 amide bonds. The van der Waals surface area contributed by atoms with Gasteiger partial charge in [-0.25, -0.2) is 14.5 Å². The minimum atomic E-state index is -4.80. The molecule has 3 aliphatic heterocycles. The summed E-state index contributed by atoms with van der Waals surface area (Å²) in [7, 11) is 3.85. The van der Waals surface area contributed by atoms with Gasteiger partial charge in [-0.1, -0.05) is 50.2 Å². The molecule has 17 nitrogen and oxygen atoms in total. The van der Waals surface area contributed by atoms with Gasteiger partial charge in [-0.05, 0) is 103 Å². The van der Waals surface area contributed by atoms with Crippen LogP contribution in [0.1, 0.15) is 99.1 Å². The summed E-state index contributed by atoms with van der Waals surface area (Å²) in [5.74, 6) is 2.44. The van der Waals surface area contributed by atoms with E-state index < -0.39 is 56.7 Å². The molecule has 6 aliphatic rings. The van der Waals surface area contributed by atoms with Gasteiger partial charge in [0.1, 0.15) is 23.3 Å². The van der Waals surface area contributed by atoms with E-state index in [2.05, 4.69) is 38.9 Å². The number of carbonyl (C=O) groups is 1. The summed E-state index contributed by atoms with van der Waals surface area (Å²) < 4.78 is 97.2. The molecule has 8 aromatic rings. The van der Waals surface area contributed by atoms with Gasteiger partial charge in [0.05, 0.1) is 40.4 Å². The number of carbonyl (C=O) groups excluding carboxylic acids is 1. The molecule has 9 heterocycles. The number of hydrogen-bond acceptors (Lipinski definition) is 11. The molecule has 83 heavy (non-hydrogen) atoms. The van der Waals surface area contributed by atoms with Crippen LogP contribution in [0.2, 0.25) is 0 Å². The number of fused-ring (bicyclic) bond motifs is 3. The fourth-order valence-corrected chi connectivity index (χ4v) is 14.9. The van der Waals surface area contributed by atoms with E-state index in [0.29, 0.717) is 81.7 Å². The highest BCUT2D eigenvalue weighted by atomic mass is 19.4. The van der Waals surface area contributed by atoms with Gasteiger partial charge in [0.2, 0.25) is 12.2 Å². The Morgan fingerprint density at radius 1 is 0.711 bits per heavy atom. The van der Waals surface area contributed by atoms with Crippen molar-refractivity contribution >= 4 is 28.6 Å². The van der Waals surface area contributed by atoms with Gasteiger partial charge < -0.3 is 19.3 Å². The van der Waals surface area contributed by atoms with Crippen LogP contribution in [0.3, 0.4) is 0 Å². The van der Waals surface area contributed by atoms with Gasteiger partial charge in [-0.15, -0.1) is 14.9 Å². The number of piperazine rings is 2. The Hall–Kier alpha value is -7.95. The first-order valence-electron chi connectivity index (χ1n) is 28.4. The normalized spacial score (nSPS) is 24.4. The SMILES string of the molecule is CC1CC(c2cccc(-c3cnc4c(C(F)(F)F)cc(N5CCN(Cn6c[n+](C)c(C7(c8cccc(-c9cnc%10c(C(F)(F)F)cc(N%11CCN%12C(=O)CCC%12C%11)cn%10c9=O)c8)CC(C)C7)n6)C6(CC6)C5)cn4c3=O)c2)(c2nncn2C)C1. The molecular formula is C60H61F6N14O3+. The zero-order chi connectivity index (χ0) is 57.7. The first-order valence-corrected chi connectivity index (χ1v) is 28.4. The van der Waals surface area contributed by atoms with E-state index in [1.165, 1.54) is 24.8 Å². The number of alkyl halides is 6. The zero-order valence-corrected chi connectivity index (χ0v) is 46.3. The lowest BCUT2D eigenvalue weighted by atomic mass is 9.58. The van der Waals surface area contributed by atoms with Crippen molar-refractivity contribution in [2.75, 3.05) is 49.1 Å². The number of rotatable bonds is 10. The van der Waals surface area contributed by atoms with Crippen LogP contribution in [-0.2, 0) is 48.7 Å². The highest BCUT2D eigenvalue weighted by Gasteiger charge is 2.55. The molecule has 1 unspecified atom stereocenters. The minimum Gasteiger partial charge on any atom is -0.367 e. The van der Waals surface area contributed by atoms with Gasteiger partial charge in [0, 0.05) is 94.2 Å². The van der Waals surface area contributed by atoms with E-state index in [9.17, 15) is 27.6 Å². The van der Waals surface area contributed by atoms with Crippen LogP contribution >= 0.6 is 0 Å². The van der Waals surface area contributed by atoms with Crippen molar-refractivity contribution in [1.29, 1.82) is 0 Å². The lowest BCUT2D eigenvalue weighted by Gasteiger charge is -2.46. The smallest absolute Gasteiger partial charge is 0.367 e. The Bertz CT molecular complexity index is 4070. The van der Waals surface area contributed by atoms with Crippen molar-refractivity contribution in [2.45, 2.75) is 107 Å². The summed E-state index contributed by atoms with van der Waals surface area (Å²) in [6, 6.07) is 17.2. The first kappa shape index (κ1) is 53.1. The Morgan fingerprint density at radius 3 is 1.83 bits per heavy atom. The zero-order valence-electron chi connectivity index (χ0n) is 46.3. The summed E-state index contributed by atoms with van der Waals surface area (Å²) in [6.07, 6.45) is 5.25. The fourth-order valence-electron chi connectivity index (χ4n) is 14.9. The molecule has 3 saturated carbocycles. The molecule has 1 atom stereocenters. The average molecular weight is 1140 g/mol. The topological polar surface area (TPSA) is 151 Å². The first-order chi connectivity index (χ1) is 39.6. The molecule has 6 aromatic heterocycles. The molecule has 430 valence electrons. The maximum atomic E-state index is 15.0. The number of amides is 1. The van der Waals surface area contributed by atoms with Crippen LogP contribution < -0.4 is 25.5 Å². The van der Waals surface area contributed by atoms with Gasteiger partial charge in [-0.3, -0.25) is 28.1 Å². The number of anilines is 2. The molecule has 3 aliphatic carbocycles.